The van der Waals surface area contributed by atoms with Gasteiger partial charge in [0, 0.05) is 11.3 Å². The lowest BCUT2D eigenvalue weighted by molar-refractivity contribution is -0.137. The van der Waals surface area contributed by atoms with Crippen LogP contribution in [0.3, 0.4) is 0 Å². The number of nitrogens with one attached hydrogen (secondary N) is 1. The van der Waals surface area contributed by atoms with Crippen LogP contribution in [0, 0.1) is 0 Å². The minimum Gasteiger partial charge on any atom is -0.395 e. The molecule has 0 aliphatic carbocycles. The summed E-state index contributed by atoms with van der Waals surface area (Å²) in [6, 6.07) is 2.22. The highest BCUT2D eigenvalue weighted by Crippen LogP contribution is 2.32. The predicted octanol–water partition coefficient (Wildman–Crippen LogP) is 3.20. The van der Waals surface area contributed by atoms with E-state index in [1.54, 1.807) is 13.2 Å². The minimum atomic E-state index is -4.51. The monoisotopic (exact) mass is 341 g/mol. The van der Waals surface area contributed by atoms with Crippen LogP contribution in [0.5, 0.6) is 0 Å². The van der Waals surface area contributed by atoms with Gasteiger partial charge in [0.2, 0.25) is 0 Å². The molecule has 0 aromatic heterocycles. The van der Waals surface area contributed by atoms with E-state index in [2.05, 4.69) is 5.32 Å². The topological polar surface area (TPSA) is 49.3 Å². The molecule has 1 aromatic carbocycles. The van der Waals surface area contributed by atoms with Gasteiger partial charge in [-0.1, -0.05) is 11.6 Å². The molecular formula is C13H15ClF3NO2S. The Bertz CT molecular complexity index is 507. The van der Waals surface area contributed by atoms with Gasteiger partial charge in [-0.15, -0.1) is 0 Å². The van der Waals surface area contributed by atoms with Gasteiger partial charge in [0.15, 0.2) is 0 Å². The molecule has 1 rings (SSSR count). The van der Waals surface area contributed by atoms with Gasteiger partial charge in [-0.25, -0.2) is 0 Å². The summed E-state index contributed by atoms with van der Waals surface area (Å²) in [6.45, 7) is 1.58. The van der Waals surface area contributed by atoms with Gasteiger partial charge in [-0.3, -0.25) is 4.79 Å². The van der Waals surface area contributed by atoms with Crippen molar-refractivity contribution >= 4 is 29.3 Å². The molecular weight excluding hydrogens is 327 g/mol. The molecule has 0 saturated heterocycles. The molecule has 118 valence electrons. The van der Waals surface area contributed by atoms with E-state index >= 15 is 0 Å². The standard InChI is InChI=1S/C13H15ClF3NO2S/c1-7(11(6-19)21-2)18-12(20)9-4-3-8(5-10(9)14)13(15,16)17/h3-5,7,11,19H,6H2,1-2H3,(H,18,20)/t7-,11+/m1/s1. The zero-order valence-electron chi connectivity index (χ0n) is 11.4. The highest BCUT2D eigenvalue weighted by molar-refractivity contribution is 7.99. The van der Waals surface area contributed by atoms with E-state index in [9.17, 15) is 18.0 Å². The maximum absolute atomic E-state index is 12.5. The Morgan fingerprint density at radius 3 is 2.52 bits per heavy atom. The normalized spacial score (nSPS) is 14.6. The lowest BCUT2D eigenvalue weighted by atomic mass is 10.1. The SMILES string of the molecule is CS[C@@H](CO)[C@@H](C)NC(=O)c1ccc(C(F)(F)F)cc1Cl. The fraction of sp³-hybridized carbons (Fsp3) is 0.462. The van der Waals surface area contributed by atoms with Crippen LogP contribution in [0.15, 0.2) is 18.2 Å². The van der Waals surface area contributed by atoms with Crippen LogP contribution in [0.4, 0.5) is 13.2 Å². The van der Waals surface area contributed by atoms with Crippen molar-refractivity contribution in [1.29, 1.82) is 0 Å². The van der Waals surface area contributed by atoms with Gasteiger partial charge in [-0.2, -0.15) is 24.9 Å². The first-order valence-electron chi connectivity index (χ1n) is 6.02. The molecule has 0 heterocycles. The number of carbonyl (C=O) groups is 1. The number of hydrogen-bond acceptors (Lipinski definition) is 3. The van der Waals surface area contributed by atoms with Crippen LogP contribution < -0.4 is 5.32 Å². The van der Waals surface area contributed by atoms with Gasteiger partial charge < -0.3 is 10.4 Å². The van der Waals surface area contributed by atoms with Gasteiger partial charge in [-0.05, 0) is 31.4 Å². The first-order chi connectivity index (χ1) is 9.70. The third-order valence-electron chi connectivity index (χ3n) is 2.94. The third kappa shape index (κ3) is 4.79. The van der Waals surface area contributed by atoms with Gasteiger partial charge in [0.05, 0.1) is 22.8 Å². The van der Waals surface area contributed by atoms with E-state index < -0.39 is 17.6 Å². The number of rotatable bonds is 5. The summed E-state index contributed by atoms with van der Waals surface area (Å²) in [5.74, 6) is -0.575. The van der Waals surface area contributed by atoms with E-state index in [1.165, 1.54) is 11.8 Å². The number of carbonyl (C=O) groups excluding carboxylic acids is 1. The summed E-state index contributed by atoms with van der Waals surface area (Å²) < 4.78 is 37.6. The summed E-state index contributed by atoms with van der Waals surface area (Å²) >= 11 is 7.12. The van der Waals surface area contributed by atoms with Crippen molar-refractivity contribution in [2.24, 2.45) is 0 Å². The van der Waals surface area contributed by atoms with Crippen LogP contribution >= 0.6 is 23.4 Å². The number of alkyl halides is 3. The Balaban J connectivity index is 2.89. The lowest BCUT2D eigenvalue weighted by Gasteiger charge is -2.21. The van der Waals surface area contributed by atoms with Crippen molar-refractivity contribution in [3.8, 4) is 0 Å². The number of benzene rings is 1. The van der Waals surface area contributed by atoms with Gasteiger partial charge in [0.1, 0.15) is 0 Å². The smallest absolute Gasteiger partial charge is 0.395 e. The summed E-state index contributed by atoms with van der Waals surface area (Å²) in [5.41, 5.74) is -0.941. The number of halogens is 4. The van der Waals surface area contributed by atoms with E-state index in [0.29, 0.717) is 0 Å². The van der Waals surface area contributed by atoms with Crippen LogP contribution in [-0.4, -0.2) is 35.2 Å². The Morgan fingerprint density at radius 1 is 1.48 bits per heavy atom. The van der Waals surface area contributed by atoms with Crippen LogP contribution in [0.2, 0.25) is 5.02 Å². The lowest BCUT2D eigenvalue weighted by Crippen LogP contribution is -2.41. The molecule has 2 atom stereocenters. The average molecular weight is 342 g/mol. The fourth-order valence-corrected chi connectivity index (χ4v) is 2.58. The fourth-order valence-electron chi connectivity index (χ4n) is 1.69. The number of thioether (sulfide) groups is 1. The van der Waals surface area contributed by atoms with E-state index in [-0.39, 0.29) is 28.5 Å². The maximum Gasteiger partial charge on any atom is 0.416 e. The van der Waals surface area contributed by atoms with E-state index in [1.807, 2.05) is 0 Å². The molecule has 0 radical (unpaired) electrons. The summed E-state index contributed by atoms with van der Waals surface area (Å²) in [6.07, 6.45) is -2.72. The molecule has 0 unspecified atom stereocenters. The predicted molar refractivity (Wildman–Crippen MR) is 77.8 cm³/mol. The second-order valence-electron chi connectivity index (χ2n) is 4.41. The first-order valence-corrected chi connectivity index (χ1v) is 7.68. The first kappa shape index (κ1) is 18.1. The number of amides is 1. The number of aliphatic hydroxyl groups excluding tert-OH is 1. The molecule has 21 heavy (non-hydrogen) atoms. The molecule has 3 nitrogen and oxygen atoms in total. The second-order valence-corrected chi connectivity index (χ2v) is 5.90. The minimum absolute atomic E-state index is 0.0330. The molecule has 0 fully saturated rings. The molecule has 0 saturated carbocycles. The van der Waals surface area contributed by atoms with E-state index in [4.69, 9.17) is 16.7 Å². The van der Waals surface area contributed by atoms with Crippen molar-refractivity contribution in [2.45, 2.75) is 24.4 Å². The quantitative estimate of drug-likeness (QED) is 0.864. The Kier molecular flexibility index (Phi) is 6.37. The van der Waals surface area contributed by atoms with Crippen molar-refractivity contribution in [1.82, 2.24) is 5.32 Å². The van der Waals surface area contributed by atoms with Crippen LogP contribution in [0.25, 0.3) is 0 Å². The van der Waals surface area contributed by atoms with Crippen LogP contribution in [0.1, 0.15) is 22.8 Å². The Morgan fingerprint density at radius 2 is 2.10 bits per heavy atom. The van der Waals surface area contributed by atoms with Gasteiger partial charge >= 0.3 is 6.18 Å². The highest BCUT2D eigenvalue weighted by Gasteiger charge is 2.31. The average Bonchev–Trinajstić information content (AvgIpc) is 2.38. The molecule has 2 N–H and O–H groups in total. The van der Waals surface area contributed by atoms with Crippen molar-refractivity contribution in [3.63, 3.8) is 0 Å². The molecule has 1 amide bonds. The molecule has 0 spiro atoms. The molecule has 0 bridgehead atoms. The summed E-state index contributed by atoms with van der Waals surface area (Å²) in [5, 5.41) is 11.3. The number of aliphatic hydroxyl groups is 1. The summed E-state index contributed by atoms with van der Waals surface area (Å²) in [7, 11) is 0. The zero-order valence-corrected chi connectivity index (χ0v) is 12.9. The van der Waals surface area contributed by atoms with Crippen molar-refractivity contribution in [3.05, 3.63) is 34.3 Å². The molecule has 1 aromatic rings. The second kappa shape index (κ2) is 7.38. The maximum atomic E-state index is 12.5. The zero-order chi connectivity index (χ0) is 16.2. The van der Waals surface area contributed by atoms with Crippen LogP contribution in [-0.2, 0) is 6.18 Å². The number of hydrogen-bond donors (Lipinski definition) is 2. The van der Waals surface area contributed by atoms with E-state index in [0.717, 1.165) is 18.2 Å². The Hall–Kier alpha value is -0.920. The third-order valence-corrected chi connectivity index (χ3v) is 4.42. The largest absolute Gasteiger partial charge is 0.416 e. The Labute approximate surface area is 129 Å². The summed E-state index contributed by atoms with van der Waals surface area (Å²) in [4.78, 5) is 12.0. The molecule has 8 heteroatoms. The molecule has 0 aliphatic heterocycles. The highest BCUT2D eigenvalue weighted by atomic mass is 35.5. The van der Waals surface area contributed by atoms with Gasteiger partial charge in [0.25, 0.3) is 5.91 Å². The van der Waals surface area contributed by atoms with Crippen molar-refractivity contribution < 1.29 is 23.1 Å². The molecule has 0 aliphatic rings. The van der Waals surface area contributed by atoms with Crippen molar-refractivity contribution in [2.75, 3.05) is 12.9 Å².